The highest BCUT2D eigenvalue weighted by Gasteiger charge is 2.06. The van der Waals surface area contributed by atoms with Gasteiger partial charge in [0.05, 0.1) is 18.1 Å². The molecule has 0 saturated carbocycles. The van der Waals surface area contributed by atoms with Crippen molar-refractivity contribution in [1.82, 2.24) is 24.7 Å². The number of fused-ring (bicyclic) bond motifs is 1. The van der Waals surface area contributed by atoms with Gasteiger partial charge in [0.25, 0.3) is 0 Å². The van der Waals surface area contributed by atoms with E-state index < -0.39 is 0 Å². The highest BCUT2D eigenvalue weighted by molar-refractivity contribution is 6.28. The molecule has 7 heteroatoms. The quantitative estimate of drug-likeness (QED) is 0.704. The third kappa shape index (κ3) is 1.98. The van der Waals surface area contributed by atoms with Crippen molar-refractivity contribution in [2.75, 3.05) is 0 Å². The van der Waals surface area contributed by atoms with Crippen LogP contribution in [0, 0.1) is 0 Å². The zero-order valence-electron chi connectivity index (χ0n) is 9.17. The number of rotatable bonds is 2. The van der Waals surface area contributed by atoms with Crippen molar-refractivity contribution in [3.8, 4) is 0 Å². The number of nitrogens with zero attached hydrogens (tertiary/aromatic N) is 4. The van der Waals surface area contributed by atoms with Crippen molar-refractivity contribution < 1.29 is 0 Å². The molecule has 0 bridgehead atoms. The Bertz CT molecular complexity index is 763. The van der Waals surface area contributed by atoms with E-state index in [-0.39, 0.29) is 10.8 Å². The van der Waals surface area contributed by atoms with Crippen molar-refractivity contribution in [2.24, 2.45) is 0 Å². The van der Waals surface area contributed by atoms with Crippen LogP contribution >= 0.6 is 11.6 Å². The predicted octanol–water partition coefficient (Wildman–Crippen LogP) is 1.22. The standard InChI is InChI=1S/C11H8ClN5O/c12-11-14-4-8-5-15-17(10(8)16-11)6-7-1-2-13-9(18)3-7/h1-5H,6H2,(H,13,18). The first-order chi connectivity index (χ1) is 8.72. The molecule has 0 atom stereocenters. The average molecular weight is 262 g/mol. The van der Waals surface area contributed by atoms with Gasteiger partial charge in [-0.25, -0.2) is 9.67 Å². The molecule has 0 unspecified atom stereocenters. The summed E-state index contributed by atoms with van der Waals surface area (Å²) < 4.78 is 1.68. The molecule has 0 radical (unpaired) electrons. The first-order valence-corrected chi connectivity index (χ1v) is 5.62. The number of H-pyrrole nitrogens is 1. The molecule has 3 aromatic heterocycles. The van der Waals surface area contributed by atoms with Gasteiger partial charge >= 0.3 is 0 Å². The summed E-state index contributed by atoms with van der Waals surface area (Å²) in [5.41, 5.74) is 1.35. The lowest BCUT2D eigenvalue weighted by molar-refractivity contribution is 0.702. The molecule has 1 N–H and O–H groups in total. The van der Waals surface area contributed by atoms with Crippen molar-refractivity contribution in [2.45, 2.75) is 6.54 Å². The van der Waals surface area contributed by atoms with Gasteiger partial charge < -0.3 is 4.98 Å². The molecule has 6 nitrogen and oxygen atoms in total. The van der Waals surface area contributed by atoms with E-state index >= 15 is 0 Å². The van der Waals surface area contributed by atoms with Crippen molar-refractivity contribution >= 4 is 22.6 Å². The topological polar surface area (TPSA) is 76.5 Å². The minimum absolute atomic E-state index is 0.142. The van der Waals surface area contributed by atoms with Crippen LogP contribution in [0.15, 0.2) is 35.5 Å². The van der Waals surface area contributed by atoms with E-state index in [0.29, 0.717) is 12.2 Å². The largest absolute Gasteiger partial charge is 0.329 e. The molecule has 90 valence electrons. The Morgan fingerprint density at radius 3 is 3.11 bits per heavy atom. The maximum absolute atomic E-state index is 11.2. The fourth-order valence-electron chi connectivity index (χ4n) is 1.72. The molecular formula is C11H8ClN5O. The van der Waals surface area contributed by atoms with Crippen molar-refractivity contribution in [1.29, 1.82) is 0 Å². The van der Waals surface area contributed by atoms with Gasteiger partial charge in [0.2, 0.25) is 10.8 Å². The fraction of sp³-hybridized carbons (Fsp3) is 0.0909. The summed E-state index contributed by atoms with van der Waals surface area (Å²) in [7, 11) is 0. The molecule has 18 heavy (non-hydrogen) atoms. The van der Waals surface area contributed by atoms with Crippen LogP contribution in [0.2, 0.25) is 5.28 Å². The first kappa shape index (κ1) is 10.9. The van der Waals surface area contributed by atoms with E-state index in [2.05, 4.69) is 20.1 Å². The Balaban J connectivity index is 2.05. The summed E-state index contributed by atoms with van der Waals surface area (Å²) in [5, 5.41) is 5.19. The maximum atomic E-state index is 11.2. The second kappa shape index (κ2) is 4.23. The number of nitrogens with one attached hydrogen (secondary N) is 1. The lowest BCUT2D eigenvalue weighted by atomic mass is 10.3. The van der Waals surface area contributed by atoms with Gasteiger partial charge in [-0.05, 0) is 23.2 Å². The van der Waals surface area contributed by atoms with Crippen molar-refractivity contribution in [3.05, 3.63) is 51.9 Å². The second-order valence-corrected chi connectivity index (χ2v) is 4.12. The molecule has 0 fully saturated rings. The van der Waals surface area contributed by atoms with E-state index in [1.807, 2.05) is 6.07 Å². The summed E-state index contributed by atoms with van der Waals surface area (Å²) >= 11 is 5.76. The summed E-state index contributed by atoms with van der Waals surface area (Å²) in [5.74, 6) is 0. The van der Waals surface area contributed by atoms with Gasteiger partial charge in [0.1, 0.15) is 0 Å². The lowest BCUT2D eigenvalue weighted by Gasteiger charge is -2.02. The van der Waals surface area contributed by atoms with Crippen LogP contribution in [-0.2, 0) is 6.54 Å². The van der Waals surface area contributed by atoms with Crippen molar-refractivity contribution in [3.63, 3.8) is 0 Å². The summed E-state index contributed by atoms with van der Waals surface area (Å²) in [6.45, 7) is 0.459. The maximum Gasteiger partial charge on any atom is 0.248 e. The van der Waals surface area contributed by atoms with E-state index in [1.54, 1.807) is 23.3 Å². The Kier molecular flexibility index (Phi) is 2.56. The Hall–Kier alpha value is -2.21. The number of hydrogen-bond acceptors (Lipinski definition) is 4. The van der Waals surface area contributed by atoms with E-state index in [9.17, 15) is 4.79 Å². The van der Waals surface area contributed by atoms with E-state index in [1.165, 1.54) is 6.07 Å². The zero-order valence-corrected chi connectivity index (χ0v) is 9.92. The second-order valence-electron chi connectivity index (χ2n) is 3.78. The average Bonchev–Trinajstić information content (AvgIpc) is 2.72. The van der Waals surface area contributed by atoms with Crippen LogP contribution in [0.5, 0.6) is 0 Å². The smallest absolute Gasteiger partial charge is 0.248 e. The molecule has 0 aliphatic rings. The predicted molar refractivity (Wildman–Crippen MR) is 66.5 cm³/mol. The van der Waals surface area contributed by atoms with Gasteiger partial charge in [-0.15, -0.1) is 0 Å². The minimum atomic E-state index is -0.142. The Morgan fingerprint density at radius 1 is 1.39 bits per heavy atom. The molecule has 0 aromatic carbocycles. The van der Waals surface area contributed by atoms with Crippen LogP contribution in [0.1, 0.15) is 5.56 Å². The van der Waals surface area contributed by atoms with Gasteiger partial charge in [-0.1, -0.05) is 0 Å². The molecule has 3 aromatic rings. The number of hydrogen-bond donors (Lipinski definition) is 1. The molecular weight excluding hydrogens is 254 g/mol. The third-order valence-corrected chi connectivity index (χ3v) is 2.70. The minimum Gasteiger partial charge on any atom is -0.329 e. The highest BCUT2D eigenvalue weighted by atomic mass is 35.5. The Morgan fingerprint density at radius 2 is 2.28 bits per heavy atom. The number of halogens is 1. The van der Waals surface area contributed by atoms with Crippen LogP contribution in [0.4, 0.5) is 0 Å². The summed E-state index contributed by atoms with van der Waals surface area (Å²) in [6, 6.07) is 3.34. The molecule has 3 heterocycles. The SMILES string of the molecule is O=c1cc(Cn2ncc3cnc(Cl)nc32)cc[nH]1. The zero-order chi connectivity index (χ0) is 12.5. The molecule has 0 spiro atoms. The molecule has 0 aliphatic carbocycles. The molecule has 0 amide bonds. The van der Waals surface area contributed by atoms with Crippen LogP contribution in [0.3, 0.4) is 0 Å². The van der Waals surface area contributed by atoms with Gasteiger partial charge in [0.15, 0.2) is 5.65 Å². The van der Waals surface area contributed by atoms with Crippen LogP contribution in [-0.4, -0.2) is 24.7 Å². The van der Waals surface area contributed by atoms with Crippen LogP contribution in [0.25, 0.3) is 11.0 Å². The molecule has 3 rings (SSSR count). The normalized spacial score (nSPS) is 10.9. The number of pyridine rings is 1. The van der Waals surface area contributed by atoms with Crippen LogP contribution < -0.4 is 5.56 Å². The summed E-state index contributed by atoms with van der Waals surface area (Å²) in [4.78, 5) is 21.8. The lowest BCUT2D eigenvalue weighted by Crippen LogP contribution is -2.08. The number of aromatic amines is 1. The first-order valence-electron chi connectivity index (χ1n) is 5.24. The summed E-state index contributed by atoms with van der Waals surface area (Å²) in [6.07, 6.45) is 4.89. The number of aromatic nitrogens is 5. The van der Waals surface area contributed by atoms with E-state index in [4.69, 9.17) is 11.6 Å². The third-order valence-electron chi connectivity index (χ3n) is 2.52. The Labute approximate surface area is 106 Å². The van der Waals surface area contributed by atoms with E-state index in [0.717, 1.165) is 10.9 Å². The monoisotopic (exact) mass is 261 g/mol. The molecule has 0 saturated heterocycles. The van der Waals surface area contributed by atoms with Gasteiger partial charge in [-0.2, -0.15) is 10.1 Å². The van der Waals surface area contributed by atoms with Gasteiger partial charge in [-0.3, -0.25) is 4.79 Å². The fourth-order valence-corrected chi connectivity index (χ4v) is 1.85. The van der Waals surface area contributed by atoms with Gasteiger partial charge in [0, 0.05) is 18.5 Å². The molecule has 0 aliphatic heterocycles. The highest BCUT2D eigenvalue weighted by Crippen LogP contribution is 2.13.